The van der Waals surface area contributed by atoms with Gasteiger partial charge in [-0.05, 0) is 17.7 Å². The summed E-state index contributed by atoms with van der Waals surface area (Å²) < 4.78 is 0.808. The highest BCUT2D eigenvalue weighted by Crippen LogP contribution is 2.17. The summed E-state index contributed by atoms with van der Waals surface area (Å²) in [5.74, 6) is -0.0189. The van der Waals surface area contributed by atoms with Crippen LogP contribution >= 0.6 is 15.9 Å². The van der Waals surface area contributed by atoms with E-state index in [4.69, 9.17) is 0 Å². The molecular weight excluding hydrogens is 338 g/mol. The van der Waals surface area contributed by atoms with E-state index >= 15 is 0 Å². The van der Waals surface area contributed by atoms with Gasteiger partial charge in [0, 0.05) is 35.4 Å². The standard InChI is InChI=1S/C19H18BrNO/c1-2-13-21(15-16-8-4-3-5-9-16)14-12-19(22)17-10-6-7-11-18(17)20/h2-12,14H,1,13,15H2. The first kappa shape index (κ1) is 16.2. The van der Waals surface area contributed by atoms with Crippen LogP contribution in [0.4, 0.5) is 0 Å². The van der Waals surface area contributed by atoms with Gasteiger partial charge >= 0.3 is 0 Å². The van der Waals surface area contributed by atoms with E-state index in [0.717, 1.165) is 11.0 Å². The topological polar surface area (TPSA) is 20.3 Å². The van der Waals surface area contributed by atoms with Crippen molar-refractivity contribution in [2.75, 3.05) is 6.54 Å². The van der Waals surface area contributed by atoms with Crippen LogP contribution in [0, 0.1) is 0 Å². The van der Waals surface area contributed by atoms with Crippen molar-refractivity contribution < 1.29 is 4.79 Å². The first-order chi connectivity index (χ1) is 10.7. The van der Waals surface area contributed by atoms with Crippen LogP contribution in [0.15, 0.2) is 84.0 Å². The molecule has 112 valence electrons. The molecule has 3 heteroatoms. The molecule has 0 saturated carbocycles. The SMILES string of the molecule is C=CCN(C=CC(=O)c1ccccc1Br)Cc1ccccc1. The smallest absolute Gasteiger partial charge is 0.188 e. The van der Waals surface area contributed by atoms with E-state index in [2.05, 4.69) is 39.5 Å². The Bertz CT molecular complexity index is 664. The van der Waals surface area contributed by atoms with Crippen LogP contribution in [0.3, 0.4) is 0 Å². The Morgan fingerprint density at radius 3 is 2.45 bits per heavy atom. The summed E-state index contributed by atoms with van der Waals surface area (Å²) in [5.41, 5.74) is 1.86. The van der Waals surface area contributed by atoms with Crippen LogP contribution in [0.5, 0.6) is 0 Å². The summed E-state index contributed by atoms with van der Waals surface area (Å²) in [6, 6.07) is 17.6. The third kappa shape index (κ3) is 4.71. The number of halogens is 1. The van der Waals surface area contributed by atoms with Crippen molar-refractivity contribution in [1.29, 1.82) is 0 Å². The highest BCUT2D eigenvalue weighted by atomic mass is 79.9. The molecule has 2 nitrogen and oxygen atoms in total. The Morgan fingerprint density at radius 2 is 1.77 bits per heavy atom. The first-order valence-electron chi connectivity index (χ1n) is 7.06. The number of benzene rings is 2. The van der Waals surface area contributed by atoms with E-state index in [1.165, 1.54) is 5.56 Å². The third-order valence-corrected chi connectivity index (χ3v) is 3.86. The number of ketones is 1. The summed E-state index contributed by atoms with van der Waals surface area (Å²) in [7, 11) is 0. The lowest BCUT2D eigenvalue weighted by atomic mass is 10.1. The maximum atomic E-state index is 12.3. The monoisotopic (exact) mass is 355 g/mol. The highest BCUT2D eigenvalue weighted by molar-refractivity contribution is 9.10. The van der Waals surface area contributed by atoms with Crippen molar-refractivity contribution in [3.63, 3.8) is 0 Å². The molecule has 0 spiro atoms. The molecule has 0 bridgehead atoms. The van der Waals surface area contributed by atoms with Gasteiger partial charge in [0.05, 0.1) is 0 Å². The molecule has 0 saturated heterocycles. The van der Waals surface area contributed by atoms with Gasteiger partial charge in [0.15, 0.2) is 5.78 Å². The van der Waals surface area contributed by atoms with Gasteiger partial charge in [0.2, 0.25) is 0 Å². The Hall–Kier alpha value is -2.13. The molecule has 0 heterocycles. The van der Waals surface area contributed by atoms with Crippen LogP contribution in [-0.2, 0) is 6.54 Å². The fraction of sp³-hybridized carbons (Fsp3) is 0.105. The summed E-state index contributed by atoms with van der Waals surface area (Å²) in [6.07, 6.45) is 5.26. The quantitative estimate of drug-likeness (QED) is 0.402. The Kier molecular flexibility index (Phi) is 6.16. The summed E-state index contributed by atoms with van der Waals surface area (Å²) in [5, 5.41) is 0. The van der Waals surface area contributed by atoms with Crippen LogP contribution < -0.4 is 0 Å². The van der Waals surface area contributed by atoms with Gasteiger partial charge in [-0.2, -0.15) is 0 Å². The largest absolute Gasteiger partial charge is 0.369 e. The van der Waals surface area contributed by atoms with Crippen LogP contribution in [-0.4, -0.2) is 17.2 Å². The predicted molar refractivity (Wildman–Crippen MR) is 94.7 cm³/mol. The van der Waals surface area contributed by atoms with Crippen LogP contribution in [0.1, 0.15) is 15.9 Å². The van der Waals surface area contributed by atoms with E-state index in [9.17, 15) is 4.79 Å². The Balaban J connectivity index is 2.08. The van der Waals surface area contributed by atoms with Gasteiger partial charge in [-0.15, -0.1) is 6.58 Å². The molecule has 0 aromatic heterocycles. The van der Waals surface area contributed by atoms with Crippen molar-refractivity contribution in [1.82, 2.24) is 4.90 Å². The molecule has 2 rings (SSSR count). The van der Waals surface area contributed by atoms with Crippen molar-refractivity contribution >= 4 is 21.7 Å². The fourth-order valence-corrected chi connectivity index (χ4v) is 2.57. The fourth-order valence-electron chi connectivity index (χ4n) is 2.09. The zero-order valence-corrected chi connectivity index (χ0v) is 13.9. The molecule has 0 atom stereocenters. The highest BCUT2D eigenvalue weighted by Gasteiger charge is 2.06. The molecule has 0 N–H and O–H groups in total. The number of carbonyl (C=O) groups excluding carboxylic acids is 1. The van der Waals surface area contributed by atoms with E-state index in [0.29, 0.717) is 12.1 Å². The first-order valence-corrected chi connectivity index (χ1v) is 7.86. The van der Waals surface area contributed by atoms with E-state index in [-0.39, 0.29) is 5.78 Å². The van der Waals surface area contributed by atoms with Crippen molar-refractivity contribution in [3.05, 3.63) is 95.1 Å². The lowest BCUT2D eigenvalue weighted by molar-refractivity contribution is 0.104. The van der Waals surface area contributed by atoms with Gasteiger partial charge < -0.3 is 4.90 Å². The van der Waals surface area contributed by atoms with Gasteiger partial charge in [0.25, 0.3) is 0 Å². The second kappa shape index (κ2) is 8.35. The van der Waals surface area contributed by atoms with E-state index in [1.807, 2.05) is 54.7 Å². The molecular formula is C19H18BrNO. The predicted octanol–water partition coefficient (Wildman–Crippen LogP) is 4.83. The molecule has 2 aromatic rings. The molecule has 0 aliphatic rings. The lowest BCUT2D eigenvalue weighted by Gasteiger charge is -2.18. The van der Waals surface area contributed by atoms with Gasteiger partial charge in [-0.3, -0.25) is 4.79 Å². The number of carbonyl (C=O) groups is 1. The molecule has 0 unspecified atom stereocenters. The molecule has 0 fully saturated rings. The average Bonchev–Trinajstić information content (AvgIpc) is 2.54. The number of nitrogens with zero attached hydrogens (tertiary/aromatic N) is 1. The lowest BCUT2D eigenvalue weighted by Crippen LogP contribution is -2.17. The van der Waals surface area contributed by atoms with Crippen LogP contribution in [0.2, 0.25) is 0 Å². The van der Waals surface area contributed by atoms with Gasteiger partial charge in [-0.25, -0.2) is 0 Å². The second-order valence-corrected chi connectivity index (χ2v) is 5.72. The Morgan fingerprint density at radius 1 is 1.09 bits per heavy atom. The van der Waals surface area contributed by atoms with Crippen molar-refractivity contribution in [2.24, 2.45) is 0 Å². The summed E-state index contributed by atoms with van der Waals surface area (Å²) >= 11 is 3.40. The number of hydrogen-bond acceptors (Lipinski definition) is 2. The second-order valence-electron chi connectivity index (χ2n) is 4.86. The molecule has 0 aliphatic heterocycles. The molecule has 22 heavy (non-hydrogen) atoms. The molecule has 2 aromatic carbocycles. The zero-order chi connectivity index (χ0) is 15.8. The normalized spacial score (nSPS) is 10.6. The number of rotatable bonds is 7. The third-order valence-electron chi connectivity index (χ3n) is 3.17. The average molecular weight is 356 g/mol. The minimum Gasteiger partial charge on any atom is -0.369 e. The Labute approximate surface area is 139 Å². The minimum atomic E-state index is -0.0189. The van der Waals surface area contributed by atoms with Crippen molar-refractivity contribution in [3.8, 4) is 0 Å². The molecule has 0 radical (unpaired) electrons. The maximum absolute atomic E-state index is 12.3. The minimum absolute atomic E-state index is 0.0189. The summed E-state index contributed by atoms with van der Waals surface area (Å²) in [6.45, 7) is 5.21. The van der Waals surface area contributed by atoms with Gasteiger partial charge in [-0.1, -0.05) is 64.5 Å². The maximum Gasteiger partial charge on any atom is 0.188 e. The van der Waals surface area contributed by atoms with E-state index < -0.39 is 0 Å². The van der Waals surface area contributed by atoms with Crippen molar-refractivity contribution in [2.45, 2.75) is 6.54 Å². The van der Waals surface area contributed by atoms with Gasteiger partial charge in [0.1, 0.15) is 0 Å². The zero-order valence-electron chi connectivity index (χ0n) is 12.3. The molecule has 0 amide bonds. The van der Waals surface area contributed by atoms with E-state index in [1.54, 1.807) is 6.08 Å². The van der Waals surface area contributed by atoms with Crippen LogP contribution in [0.25, 0.3) is 0 Å². The summed E-state index contributed by atoms with van der Waals surface area (Å²) in [4.78, 5) is 14.3. The number of hydrogen-bond donors (Lipinski definition) is 0. The number of allylic oxidation sites excluding steroid dienone is 1. The molecule has 0 aliphatic carbocycles.